The second-order valence-electron chi connectivity index (χ2n) is 6.65. The van der Waals surface area contributed by atoms with Gasteiger partial charge in [-0.05, 0) is 30.7 Å². The van der Waals surface area contributed by atoms with Crippen molar-refractivity contribution in [1.29, 1.82) is 0 Å². The van der Waals surface area contributed by atoms with Crippen LogP contribution >= 0.6 is 24.0 Å². The highest BCUT2D eigenvalue weighted by Crippen LogP contribution is 2.13. The van der Waals surface area contributed by atoms with Gasteiger partial charge in [-0.15, -0.1) is 24.0 Å². The molecular weight excluding hydrogens is 483 g/mol. The lowest BCUT2D eigenvalue weighted by Gasteiger charge is -2.36. The molecule has 2 heterocycles. The third-order valence-corrected chi connectivity index (χ3v) is 4.80. The summed E-state index contributed by atoms with van der Waals surface area (Å²) in [6.45, 7) is 5.50. The van der Waals surface area contributed by atoms with Crippen LogP contribution in [-0.2, 0) is 0 Å². The lowest BCUT2D eigenvalue weighted by Crippen LogP contribution is -2.54. The molecule has 0 saturated carbocycles. The van der Waals surface area contributed by atoms with E-state index in [-0.39, 0.29) is 36.0 Å². The van der Waals surface area contributed by atoms with E-state index < -0.39 is 0 Å². The molecule has 0 aliphatic carbocycles. The zero-order valence-corrected chi connectivity index (χ0v) is 19.2. The van der Waals surface area contributed by atoms with Crippen LogP contribution in [0.4, 0.5) is 0 Å². The average molecular weight is 512 g/mol. The standard InChI is InChI=1S/C21H28N4O3.HI/c1-3-17(28-18-8-5-4-6-9-18)16-23-21(22-2)25-13-11-24(12-14-25)20(26)19-10-7-15-27-19;/h4-10,15,17H,3,11-14,16H2,1-2H3,(H,22,23);1H. The summed E-state index contributed by atoms with van der Waals surface area (Å²) >= 11 is 0. The molecule has 1 unspecified atom stereocenters. The molecule has 1 atom stereocenters. The Bertz CT molecular complexity index is 759. The van der Waals surface area contributed by atoms with Gasteiger partial charge in [0.05, 0.1) is 12.8 Å². The number of amides is 1. The van der Waals surface area contributed by atoms with Crippen LogP contribution in [0, 0.1) is 0 Å². The molecule has 1 saturated heterocycles. The number of aliphatic imine (C=N–C) groups is 1. The fraction of sp³-hybridized carbons (Fsp3) is 0.429. The van der Waals surface area contributed by atoms with Crippen LogP contribution in [-0.4, -0.2) is 67.5 Å². The van der Waals surface area contributed by atoms with Gasteiger partial charge in [-0.2, -0.15) is 0 Å². The highest BCUT2D eigenvalue weighted by molar-refractivity contribution is 14.0. The number of hydrogen-bond donors (Lipinski definition) is 1. The first-order valence-electron chi connectivity index (χ1n) is 9.71. The molecule has 1 aromatic heterocycles. The number of benzene rings is 1. The number of guanidine groups is 1. The molecule has 1 aliphatic rings. The monoisotopic (exact) mass is 512 g/mol. The van der Waals surface area contributed by atoms with E-state index in [9.17, 15) is 4.79 Å². The molecule has 0 bridgehead atoms. The Kier molecular flexibility index (Phi) is 9.30. The lowest BCUT2D eigenvalue weighted by molar-refractivity contribution is 0.0657. The van der Waals surface area contributed by atoms with Crippen molar-refractivity contribution >= 4 is 35.8 Å². The largest absolute Gasteiger partial charge is 0.489 e. The lowest BCUT2D eigenvalue weighted by atomic mass is 10.2. The molecule has 7 nitrogen and oxygen atoms in total. The molecule has 1 amide bonds. The second kappa shape index (κ2) is 11.7. The van der Waals surface area contributed by atoms with Gasteiger partial charge in [0.2, 0.25) is 0 Å². The van der Waals surface area contributed by atoms with Crippen molar-refractivity contribution in [3.63, 3.8) is 0 Å². The fourth-order valence-electron chi connectivity index (χ4n) is 3.18. The minimum atomic E-state index is -0.0603. The first kappa shape index (κ1) is 23.1. The quantitative estimate of drug-likeness (QED) is 0.366. The van der Waals surface area contributed by atoms with Crippen molar-refractivity contribution in [3.8, 4) is 5.75 Å². The Morgan fingerprint density at radius 1 is 1.14 bits per heavy atom. The van der Waals surface area contributed by atoms with E-state index in [1.807, 2.05) is 35.2 Å². The molecule has 2 aromatic rings. The van der Waals surface area contributed by atoms with E-state index in [0.29, 0.717) is 25.4 Å². The first-order chi connectivity index (χ1) is 13.7. The smallest absolute Gasteiger partial charge is 0.289 e. The van der Waals surface area contributed by atoms with Gasteiger partial charge >= 0.3 is 0 Å². The van der Waals surface area contributed by atoms with Crippen LogP contribution in [0.15, 0.2) is 58.1 Å². The van der Waals surface area contributed by atoms with E-state index in [4.69, 9.17) is 9.15 Å². The number of halogens is 1. The van der Waals surface area contributed by atoms with Crippen molar-refractivity contribution in [2.45, 2.75) is 19.4 Å². The van der Waals surface area contributed by atoms with Gasteiger partial charge < -0.3 is 24.3 Å². The third-order valence-electron chi connectivity index (χ3n) is 4.80. The first-order valence-corrected chi connectivity index (χ1v) is 9.71. The third kappa shape index (κ3) is 6.38. The van der Waals surface area contributed by atoms with E-state index >= 15 is 0 Å². The number of furan rings is 1. The Labute approximate surface area is 189 Å². The average Bonchev–Trinajstić information content (AvgIpc) is 3.29. The molecule has 1 fully saturated rings. The summed E-state index contributed by atoms with van der Waals surface area (Å²) < 4.78 is 11.3. The summed E-state index contributed by atoms with van der Waals surface area (Å²) in [4.78, 5) is 20.8. The summed E-state index contributed by atoms with van der Waals surface area (Å²) in [6, 6.07) is 13.3. The Morgan fingerprint density at radius 3 is 2.41 bits per heavy atom. The minimum absolute atomic E-state index is 0. The van der Waals surface area contributed by atoms with Gasteiger partial charge in [0, 0.05) is 33.2 Å². The number of ether oxygens (including phenoxy) is 1. The molecule has 0 spiro atoms. The van der Waals surface area contributed by atoms with Gasteiger partial charge in [-0.25, -0.2) is 0 Å². The Hall–Kier alpha value is -2.23. The van der Waals surface area contributed by atoms with E-state index in [2.05, 4.69) is 22.1 Å². The fourth-order valence-corrected chi connectivity index (χ4v) is 3.18. The molecule has 158 valence electrons. The molecule has 1 aromatic carbocycles. The van der Waals surface area contributed by atoms with E-state index in [0.717, 1.165) is 31.2 Å². The number of para-hydroxylation sites is 1. The van der Waals surface area contributed by atoms with Crippen LogP contribution in [0.2, 0.25) is 0 Å². The SMILES string of the molecule is CCC(CNC(=NC)N1CCN(C(=O)c2ccco2)CC1)Oc1ccccc1.I. The topological polar surface area (TPSA) is 70.3 Å². The summed E-state index contributed by atoms with van der Waals surface area (Å²) in [5.41, 5.74) is 0. The van der Waals surface area contributed by atoms with Gasteiger partial charge in [0.25, 0.3) is 5.91 Å². The van der Waals surface area contributed by atoms with E-state index in [1.54, 1.807) is 19.2 Å². The highest BCUT2D eigenvalue weighted by atomic mass is 127. The Balaban J connectivity index is 0.00000300. The summed E-state index contributed by atoms with van der Waals surface area (Å²) in [7, 11) is 1.78. The maximum Gasteiger partial charge on any atom is 0.289 e. The zero-order chi connectivity index (χ0) is 19.8. The highest BCUT2D eigenvalue weighted by Gasteiger charge is 2.25. The zero-order valence-electron chi connectivity index (χ0n) is 16.9. The van der Waals surface area contributed by atoms with E-state index in [1.165, 1.54) is 6.26 Å². The van der Waals surface area contributed by atoms with Gasteiger partial charge in [-0.1, -0.05) is 25.1 Å². The van der Waals surface area contributed by atoms with Crippen LogP contribution in [0.5, 0.6) is 5.75 Å². The number of piperazine rings is 1. The number of rotatable bonds is 6. The number of carbonyl (C=O) groups excluding carboxylic acids is 1. The van der Waals surface area contributed by atoms with Crippen molar-refractivity contribution in [2.75, 3.05) is 39.8 Å². The van der Waals surface area contributed by atoms with Crippen molar-refractivity contribution in [3.05, 3.63) is 54.5 Å². The summed E-state index contributed by atoms with van der Waals surface area (Å²) in [5, 5.41) is 3.41. The molecule has 8 heteroatoms. The van der Waals surface area contributed by atoms with Crippen molar-refractivity contribution in [2.24, 2.45) is 4.99 Å². The molecule has 3 rings (SSSR count). The van der Waals surface area contributed by atoms with Gasteiger partial charge in [-0.3, -0.25) is 9.79 Å². The molecule has 0 radical (unpaired) electrons. The van der Waals surface area contributed by atoms with Crippen LogP contribution < -0.4 is 10.1 Å². The number of carbonyl (C=O) groups is 1. The maximum atomic E-state index is 12.4. The molecule has 29 heavy (non-hydrogen) atoms. The minimum Gasteiger partial charge on any atom is -0.489 e. The van der Waals surface area contributed by atoms with Crippen LogP contribution in [0.25, 0.3) is 0 Å². The molecule has 1 aliphatic heterocycles. The van der Waals surface area contributed by atoms with Gasteiger partial charge in [0.1, 0.15) is 11.9 Å². The summed E-state index contributed by atoms with van der Waals surface area (Å²) in [5.74, 6) is 2.03. The van der Waals surface area contributed by atoms with Gasteiger partial charge in [0.15, 0.2) is 11.7 Å². The number of nitrogens with zero attached hydrogens (tertiary/aromatic N) is 3. The summed E-state index contributed by atoms with van der Waals surface area (Å²) in [6.07, 6.45) is 2.47. The molecule has 1 N–H and O–H groups in total. The number of nitrogens with one attached hydrogen (secondary N) is 1. The Morgan fingerprint density at radius 2 is 1.83 bits per heavy atom. The van der Waals surface area contributed by atoms with Crippen molar-refractivity contribution in [1.82, 2.24) is 15.1 Å². The number of hydrogen-bond acceptors (Lipinski definition) is 4. The second-order valence-corrected chi connectivity index (χ2v) is 6.65. The van der Waals surface area contributed by atoms with Crippen LogP contribution in [0.1, 0.15) is 23.9 Å². The predicted octanol–water partition coefficient (Wildman–Crippen LogP) is 3.09. The molecular formula is C21H29IN4O3. The normalized spacial score (nSPS) is 15.4. The predicted molar refractivity (Wildman–Crippen MR) is 124 cm³/mol. The van der Waals surface area contributed by atoms with Crippen molar-refractivity contribution < 1.29 is 13.9 Å². The maximum absolute atomic E-state index is 12.4. The van der Waals surface area contributed by atoms with Crippen LogP contribution in [0.3, 0.4) is 0 Å².